The molecule has 0 saturated heterocycles. The number of rotatable bonds is 3. The van der Waals surface area contributed by atoms with E-state index in [2.05, 4.69) is 29.7 Å². The number of amides is 1. The van der Waals surface area contributed by atoms with E-state index < -0.39 is 11.5 Å². The van der Waals surface area contributed by atoms with E-state index >= 15 is 0 Å². The average molecular weight is 491 g/mol. The molecule has 0 bridgehead atoms. The molecule has 0 unspecified atom stereocenters. The third-order valence-corrected chi connectivity index (χ3v) is 3.34. The second-order valence-corrected chi connectivity index (χ2v) is 7.29. The number of aryl methyl sites for hydroxylation is 2. The van der Waals surface area contributed by atoms with Gasteiger partial charge in [0.15, 0.2) is 0 Å². The highest BCUT2D eigenvalue weighted by Crippen LogP contribution is 2.19. The van der Waals surface area contributed by atoms with Crippen molar-refractivity contribution in [3.05, 3.63) is 58.5 Å². The lowest BCUT2D eigenvalue weighted by molar-refractivity contribution is 0.130. The number of halogens is 1. The van der Waals surface area contributed by atoms with Crippen LogP contribution in [0.15, 0.2) is 24.5 Å². The van der Waals surface area contributed by atoms with Crippen molar-refractivity contribution in [1.29, 1.82) is 0 Å². The van der Waals surface area contributed by atoms with Crippen molar-refractivity contribution in [3.63, 3.8) is 0 Å². The highest BCUT2D eigenvalue weighted by Gasteiger charge is 2.08. The Morgan fingerprint density at radius 3 is 1.79 bits per heavy atom. The number of hydrogen-bond donors (Lipinski definition) is 2. The zero-order valence-electron chi connectivity index (χ0n) is 19.3. The minimum Gasteiger partial charge on any atom is -0.451 e. The predicted molar refractivity (Wildman–Crippen MR) is 134 cm³/mol. The maximum atomic E-state index is 11.3. The van der Waals surface area contributed by atoms with Crippen molar-refractivity contribution in [2.75, 3.05) is 11.1 Å². The van der Waals surface area contributed by atoms with Crippen molar-refractivity contribution >= 4 is 46.1 Å². The lowest BCUT2D eigenvalue weighted by atomic mass is 10.2. The van der Waals surface area contributed by atoms with Gasteiger partial charge in [0.25, 0.3) is 11.6 Å². The number of nitrogens with two attached hydrogens (primary N) is 1. The molecule has 0 radical (unpaired) electrons. The number of ether oxygens (including phenoxy) is 2. The predicted octanol–water partition coefficient (Wildman–Crippen LogP) is 6.83. The molecule has 0 aromatic carbocycles. The van der Waals surface area contributed by atoms with Crippen LogP contribution in [-0.2, 0) is 9.47 Å². The Balaban J connectivity index is 0. The Morgan fingerprint density at radius 2 is 1.44 bits per heavy atom. The van der Waals surface area contributed by atoms with Gasteiger partial charge in [0.2, 0.25) is 0 Å². The minimum atomic E-state index is -0.741. The topological polar surface area (TPSA) is 125 Å². The van der Waals surface area contributed by atoms with Gasteiger partial charge in [0, 0.05) is 11.6 Å². The second-order valence-electron chi connectivity index (χ2n) is 6.98. The maximum absolute atomic E-state index is 11.3. The Kier molecular flexibility index (Phi) is 15.9. The van der Waals surface area contributed by atoms with Gasteiger partial charge < -0.3 is 24.9 Å². The number of pyridine rings is 2. The Hall–Kier alpha value is -3.89. The SMILES string of the molecule is C.CC(C)OC(=O)Cl.[C-]#[N+]c1ncc(N)cc1C.[C-]#[N+]c1ncc(NC(=O)OC(C)C)cc1C. The van der Waals surface area contributed by atoms with Gasteiger partial charge in [-0.1, -0.05) is 20.6 Å². The monoisotopic (exact) mass is 490 g/mol. The van der Waals surface area contributed by atoms with Crippen LogP contribution in [0.2, 0.25) is 0 Å². The summed E-state index contributed by atoms with van der Waals surface area (Å²) in [6, 6.07) is 3.42. The molecule has 34 heavy (non-hydrogen) atoms. The van der Waals surface area contributed by atoms with Gasteiger partial charge in [0.05, 0.1) is 23.6 Å². The van der Waals surface area contributed by atoms with Crippen LogP contribution in [0, 0.1) is 27.0 Å². The summed E-state index contributed by atoms with van der Waals surface area (Å²) >= 11 is 4.81. The quantitative estimate of drug-likeness (QED) is 0.356. The molecule has 1 amide bonds. The van der Waals surface area contributed by atoms with Crippen molar-refractivity contribution in [1.82, 2.24) is 9.97 Å². The number of aromatic nitrogens is 2. The van der Waals surface area contributed by atoms with E-state index in [-0.39, 0.29) is 19.6 Å². The zero-order chi connectivity index (χ0) is 25.6. The average Bonchev–Trinajstić information content (AvgIpc) is 2.67. The molecule has 2 rings (SSSR count). The zero-order valence-corrected chi connectivity index (χ0v) is 20.1. The van der Waals surface area contributed by atoms with Crippen molar-refractivity contribution in [2.45, 2.75) is 61.2 Å². The highest BCUT2D eigenvalue weighted by atomic mass is 35.5. The fourth-order valence-electron chi connectivity index (χ4n) is 2.01. The number of carbonyl (C=O) groups excluding carboxylic acids is 2. The number of carbonyl (C=O) groups is 2. The van der Waals surface area contributed by atoms with Crippen LogP contribution in [0.25, 0.3) is 9.69 Å². The molecule has 0 aliphatic rings. The molecule has 0 aliphatic carbocycles. The van der Waals surface area contributed by atoms with E-state index in [9.17, 15) is 9.59 Å². The molecule has 0 spiro atoms. The van der Waals surface area contributed by atoms with Gasteiger partial charge in [-0.2, -0.15) is 0 Å². The van der Waals surface area contributed by atoms with E-state index in [1.165, 1.54) is 12.4 Å². The molecular formula is C23H31ClN6O4. The number of nitrogens with one attached hydrogen (secondary N) is 1. The van der Waals surface area contributed by atoms with E-state index in [0.717, 1.165) is 11.1 Å². The van der Waals surface area contributed by atoms with Gasteiger partial charge in [0.1, 0.15) is 12.4 Å². The smallest absolute Gasteiger partial charge is 0.411 e. The van der Waals surface area contributed by atoms with Crippen LogP contribution < -0.4 is 11.1 Å². The molecule has 0 atom stereocenters. The van der Waals surface area contributed by atoms with E-state index in [1.807, 2.05) is 6.92 Å². The lowest BCUT2D eigenvalue weighted by Crippen LogP contribution is -2.18. The summed E-state index contributed by atoms with van der Waals surface area (Å²) in [6.07, 6.45) is 2.12. The van der Waals surface area contributed by atoms with E-state index in [1.54, 1.807) is 46.8 Å². The molecule has 0 fully saturated rings. The first-order valence-corrected chi connectivity index (χ1v) is 10.0. The molecule has 2 aromatic heterocycles. The number of hydrogen-bond acceptors (Lipinski definition) is 7. The van der Waals surface area contributed by atoms with Crippen molar-refractivity contribution in [2.24, 2.45) is 0 Å². The van der Waals surface area contributed by atoms with Crippen LogP contribution in [0.4, 0.5) is 32.6 Å². The van der Waals surface area contributed by atoms with E-state index in [0.29, 0.717) is 23.0 Å². The van der Waals surface area contributed by atoms with Crippen molar-refractivity contribution < 1.29 is 19.1 Å². The summed E-state index contributed by atoms with van der Waals surface area (Å²) in [5.74, 6) is 0.761. The third kappa shape index (κ3) is 14.2. The highest BCUT2D eigenvalue weighted by molar-refractivity contribution is 6.61. The van der Waals surface area contributed by atoms with Crippen molar-refractivity contribution in [3.8, 4) is 0 Å². The van der Waals surface area contributed by atoms with Gasteiger partial charge in [-0.25, -0.2) is 9.59 Å². The summed E-state index contributed by atoms with van der Waals surface area (Å²) in [7, 11) is 0. The molecule has 10 nitrogen and oxygen atoms in total. The number of nitrogens with zero attached hydrogens (tertiary/aromatic N) is 4. The second kappa shape index (κ2) is 16.7. The minimum absolute atomic E-state index is 0. The fourth-order valence-corrected chi connectivity index (χ4v) is 2.18. The van der Waals surface area contributed by atoms with Gasteiger partial charge in [-0.3, -0.25) is 5.32 Å². The van der Waals surface area contributed by atoms with Crippen LogP contribution in [0.3, 0.4) is 0 Å². The van der Waals surface area contributed by atoms with Gasteiger partial charge in [-0.05, 0) is 64.8 Å². The summed E-state index contributed by atoms with van der Waals surface area (Å²) in [5.41, 5.74) is 7.35. The Bertz CT molecular complexity index is 1030. The molecule has 0 aliphatic heterocycles. The molecule has 11 heteroatoms. The van der Waals surface area contributed by atoms with E-state index in [4.69, 9.17) is 35.2 Å². The summed E-state index contributed by atoms with van der Waals surface area (Å²) in [6.45, 7) is 24.1. The Labute approximate surface area is 206 Å². The molecule has 0 saturated carbocycles. The molecule has 2 aromatic rings. The fraction of sp³-hybridized carbons (Fsp3) is 0.391. The number of nitrogen functional groups attached to an aromatic ring is 1. The number of anilines is 2. The lowest BCUT2D eigenvalue weighted by Gasteiger charge is -2.09. The summed E-state index contributed by atoms with van der Waals surface area (Å²) in [5, 5.41) is 2.54. The normalized spacial score (nSPS) is 9.03. The summed E-state index contributed by atoms with van der Waals surface area (Å²) in [4.78, 5) is 35.2. The van der Waals surface area contributed by atoms with Gasteiger partial charge in [-0.15, -0.1) is 9.97 Å². The third-order valence-electron chi connectivity index (χ3n) is 3.25. The largest absolute Gasteiger partial charge is 0.451 e. The molecule has 3 N–H and O–H groups in total. The maximum Gasteiger partial charge on any atom is 0.411 e. The first-order valence-electron chi connectivity index (χ1n) is 9.67. The molecule has 184 valence electrons. The molecular weight excluding hydrogens is 460 g/mol. The molecule has 2 heterocycles. The van der Waals surface area contributed by atoms with Crippen LogP contribution in [0.5, 0.6) is 0 Å². The Morgan fingerprint density at radius 1 is 0.971 bits per heavy atom. The first kappa shape index (κ1) is 32.3. The first-order chi connectivity index (χ1) is 15.4. The van der Waals surface area contributed by atoms with Crippen LogP contribution in [-0.4, -0.2) is 33.7 Å². The van der Waals surface area contributed by atoms with Crippen LogP contribution in [0.1, 0.15) is 46.2 Å². The standard InChI is InChI=1S/C11H13N3O2.C7H7N3.C4H7ClO2.CH4/c1-7(2)16-11(15)14-9-5-8(3)10(12-4)13-6-9;1-5-3-6(8)4-10-7(5)9-2;1-3(2)7-4(5)6;/h5-7H,1-3H3,(H,14,15);3-4H,8H2,1H3;3H,1-2H3;1H4. The summed E-state index contributed by atoms with van der Waals surface area (Å²) < 4.78 is 9.29. The van der Waals surface area contributed by atoms with Crippen LogP contribution >= 0.6 is 11.6 Å². The van der Waals surface area contributed by atoms with Gasteiger partial charge >= 0.3 is 11.5 Å².